The fraction of sp³-hybridized carbons (Fsp3) is 0.190. The predicted molar refractivity (Wildman–Crippen MR) is 111 cm³/mol. The van der Waals surface area contributed by atoms with Crippen molar-refractivity contribution in [3.05, 3.63) is 78.8 Å². The molecule has 2 aromatic heterocycles. The van der Waals surface area contributed by atoms with Gasteiger partial charge in [-0.25, -0.2) is 17.8 Å². The van der Waals surface area contributed by atoms with Crippen LogP contribution in [0.1, 0.15) is 11.8 Å². The second kappa shape index (κ2) is 7.82. The quantitative estimate of drug-likeness (QED) is 0.506. The Bertz CT molecular complexity index is 1160. The van der Waals surface area contributed by atoms with E-state index < -0.39 is 10.0 Å². The Morgan fingerprint density at radius 1 is 1.10 bits per heavy atom. The minimum atomic E-state index is -3.66. The van der Waals surface area contributed by atoms with E-state index in [0.29, 0.717) is 5.76 Å². The van der Waals surface area contributed by atoms with Crippen LogP contribution >= 0.6 is 0 Å². The van der Waals surface area contributed by atoms with Gasteiger partial charge in [0.1, 0.15) is 11.3 Å². The third-order valence-electron chi connectivity index (χ3n) is 4.78. The molecule has 0 spiro atoms. The molecule has 29 heavy (non-hydrogen) atoms. The summed E-state index contributed by atoms with van der Waals surface area (Å²) in [6.07, 6.45) is 3.47. The maximum atomic E-state index is 12.8. The van der Waals surface area contributed by atoms with Crippen molar-refractivity contribution in [2.24, 2.45) is 0 Å². The average Bonchev–Trinajstić information content (AvgIpc) is 3.38. The minimum Gasteiger partial charge on any atom is -0.459 e. The van der Waals surface area contributed by atoms with Crippen molar-refractivity contribution in [2.75, 3.05) is 20.6 Å². The number of likely N-dealkylation sites (N-methyl/N-ethyl adjacent to an activating group) is 1. The Labute approximate surface area is 169 Å². The summed E-state index contributed by atoms with van der Waals surface area (Å²) >= 11 is 0. The molecule has 1 atom stereocenters. The topological polar surface area (TPSA) is 80.4 Å². The molecule has 0 saturated heterocycles. The number of nitrogens with one attached hydrogen (secondary N) is 1. The van der Waals surface area contributed by atoms with E-state index >= 15 is 0 Å². The van der Waals surface area contributed by atoms with Crippen molar-refractivity contribution in [1.29, 1.82) is 0 Å². The molecular weight excluding hydrogens is 388 g/mol. The van der Waals surface area contributed by atoms with Crippen LogP contribution in [0.25, 0.3) is 16.7 Å². The normalized spacial score (nSPS) is 13.2. The minimum absolute atomic E-state index is 0.191. The second-order valence-electron chi connectivity index (χ2n) is 6.96. The summed E-state index contributed by atoms with van der Waals surface area (Å²) in [5, 5.41) is 5.14. The summed E-state index contributed by atoms with van der Waals surface area (Å²) in [6.45, 7) is 0.191. The molecule has 1 unspecified atom stereocenters. The first kappa shape index (κ1) is 19.4. The highest BCUT2D eigenvalue weighted by atomic mass is 32.2. The highest BCUT2D eigenvalue weighted by Gasteiger charge is 2.22. The molecule has 150 valence electrons. The van der Waals surface area contributed by atoms with Crippen molar-refractivity contribution in [1.82, 2.24) is 19.4 Å². The van der Waals surface area contributed by atoms with Crippen molar-refractivity contribution >= 4 is 21.0 Å². The Balaban J connectivity index is 1.52. The summed E-state index contributed by atoms with van der Waals surface area (Å²) in [5.74, 6) is 0.716. The average molecular weight is 410 g/mol. The third kappa shape index (κ3) is 4.09. The third-order valence-corrected chi connectivity index (χ3v) is 6.22. The van der Waals surface area contributed by atoms with Crippen LogP contribution in [-0.2, 0) is 10.0 Å². The van der Waals surface area contributed by atoms with Gasteiger partial charge >= 0.3 is 0 Å². The first-order valence-corrected chi connectivity index (χ1v) is 10.7. The van der Waals surface area contributed by atoms with Crippen LogP contribution in [0.15, 0.2) is 82.4 Å². The van der Waals surface area contributed by atoms with Gasteiger partial charge in [0.15, 0.2) is 0 Å². The fourth-order valence-corrected chi connectivity index (χ4v) is 4.21. The van der Waals surface area contributed by atoms with Gasteiger partial charge in [0.2, 0.25) is 10.0 Å². The monoisotopic (exact) mass is 410 g/mol. The lowest BCUT2D eigenvalue weighted by molar-refractivity contribution is 0.264. The van der Waals surface area contributed by atoms with Gasteiger partial charge in [-0.3, -0.25) is 4.90 Å². The Hall–Kier alpha value is -2.94. The smallest absolute Gasteiger partial charge is 0.240 e. The number of aromatic nitrogens is 2. The zero-order chi connectivity index (χ0) is 20.4. The zero-order valence-electron chi connectivity index (χ0n) is 16.2. The highest BCUT2D eigenvalue weighted by molar-refractivity contribution is 7.89. The first-order valence-electron chi connectivity index (χ1n) is 9.19. The van der Waals surface area contributed by atoms with E-state index in [9.17, 15) is 8.42 Å². The lowest BCUT2D eigenvalue weighted by atomic mass is 10.2. The van der Waals surface area contributed by atoms with E-state index in [2.05, 4.69) is 9.82 Å². The number of benzene rings is 2. The number of rotatable bonds is 7. The Kier molecular flexibility index (Phi) is 5.23. The standard InChI is InChI=1S/C21H22N4O3S/c1-24(2)19(21-14-16-6-3-4-7-20(16)28-21)15-23-29(26,27)18-10-8-17(9-11-18)25-13-5-12-22-25/h3-14,19,23H,15H2,1-2H3. The first-order chi connectivity index (χ1) is 13.9. The summed E-state index contributed by atoms with van der Waals surface area (Å²) in [4.78, 5) is 2.14. The van der Waals surface area contributed by atoms with Crippen molar-refractivity contribution in [3.63, 3.8) is 0 Å². The van der Waals surface area contributed by atoms with Gasteiger partial charge in [0.25, 0.3) is 0 Å². The largest absolute Gasteiger partial charge is 0.459 e. The lowest BCUT2D eigenvalue weighted by Crippen LogP contribution is -2.34. The summed E-state index contributed by atoms with van der Waals surface area (Å²) < 4.78 is 35.9. The van der Waals surface area contributed by atoms with Crippen LogP contribution in [-0.4, -0.2) is 43.7 Å². The van der Waals surface area contributed by atoms with Gasteiger partial charge in [-0.05, 0) is 56.6 Å². The van der Waals surface area contributed by atoms with E-state index in [-0.39, 0.29) is 17.5 Å². The van der Waals surface area contributed by atoms with E-state index in [4.69, 9.17) is 4.42 Å². The number of hydrogen-bond donors (Lipinski definition) is 1. The number of hydrogen-bond acceptors (Lipinski definition) is 5. The van der Waals surface area contributed by atoms with Gasteiger partial charge in [0.05, 0.1) is 16.6 Å². The van der Waals surface area contributed by atoms with Crippen molar-refractivity contribution in [3.8, 4) is 5.69 Å². The molecule has 1 N–H and O–H groups in total. The number of para-hydroxylation sites is 1. The SMILES string of the molecule is CN(C)C(CNS(=O)(=O)c1ccc(-n2cccn2)cc1)c1cc2ccccc2o1. The predicted octanol–water partition coefficient (Wildman–Crippen LogP) is 3.20. The molecule has 0 bridgehead atoms. The van der Waals surface area contributed by atoms with Gasteiger partial charge in [-0.2, -0.15) is 5.10 Å². The molecule has 0 amide bonds. The van der Waals surface area contributed by atoms with Gasteiger partial charge < -0.3 is 4.42 Å². The van der Waals surface area contributed by atoms with Gasteiger partial charge in [-0.1, -0.05) is 18.2 Å². The van der Waals surface area contributed by atoms with Crippen LogP contribution in [0.4, 0.5) is 0 Å². The molecule has 2 heterocycles. The van der Waals surface area contributed by atoms with Crippen LogP contribution in [0.3, 0.4) is 0 Å². The van der Waals surface area contributed by atoms with Crippen LogP contribution < -0.4 is 4.72 Å². The number of furan rings is 1. The van der Waals surface area contributed by atoms with Crippen molar-refractivity contribution < 1.29 is 12.8 Å². The van der Waals surface area contributed by atoms with E-state index in [1.165, 1.54) is 0 Å². The molecule has 2 aromatic carbocycles. The summed E-state index contributed by atoms with van der Waals surface area (Å²) in [6, 6.07) is 17.9. The number of sulfonamides is 1. The zero-order valence-corrected chi connectivity index (χ0v) is 17.0. The van der Waals surface area contributed by atoms with Crippen LogP contribution in [0.2, 0.25) is 0 Å². The van der Waals surface area contributed by atoms with Crippen molar-refractivity contribution in [2.45, 2.75) is 10.9 Å². The second-order valence-corrected chi connectivity index (χ2v) is 8.73. The van der Waals surface area contributed by atoms with Gasteiger partial charge in [0, 0.05) is 24.3 Å². The molecule has 4 rings (SSSR count). The summed E-state index contributed by atoms with van der Waals surface area (Å²) in [5.41, 5.74) is 1.58. The maximum Gasteiger partial charge on any atom is 0.240 e. The van der Waals surface area contributed by atoms with Gasteiger partial charge in [-0.15, -0.1) is 0 Å². The van der Waals surface area contributed by atoms with E-state index in [0.717, 1.165) is 16.7 Å². The Morgan fingerprint density at radius 2 is 1.86 bits per heavy atom. The van der Waals surface area contributed by atoms with Crippen LogP contribution in [0.5, 0.6) is 0 Å². The molecule has 0 aliphatic rings. The molecule has 4 aromatic rings. The molecule has 0 aliphatic heterocycles. The highest BCUT2D eigenvalue weighted by Crippen LogP contribution is 2.26. The van der Waals surface area contributed by atoms with Crippen LogP contribution in [0, 0.1) is 0 Å². The molecule has 0 saturated carbocycles. The van der Waals surface area contributed by atoms with E-state index in [1.54, 1.807) is 41.3 Å². The molecule has 0 fully saturated rings. The maximum absolute atomic E-state index is 12.8. The number of fused-ring (bicyclic) bond motifs is 1. The molecular formula is C21H22N4O3S. The fourth-order valence-electron chi connectivity index (χ4n) is 3.18. The molecule has 0 radical (unpaired) electrons. The number of nitrogens with zero attached hydrogens (tertiary/aromatic N) is 3. The molecule has 8 heteroatoms. The summed E-state index contributed by atoms with van der Waals surface area (Å²) in [7, 11) is 0.127. The Morgan fingerprint density at radius 3 is 2.52 bits per heavy atom. The molecule has 0 aliphatic carbocycles. The lowest BCUT2D eigenvalue weighted by Gasteiger charge is -2.22. The molecule has 7 nitrogen and oxygen atoms in total. The van der Waals surface area contributed by atoms with E-state index in [1.807, 2.05) is 55.4 Å².